The van der Waals surface area contributed by atoms with Crippen LogP contribution in [0.15, 0.2) is 54.6 Å². The fourth-order valence-corrected chi connectivity index (χ4v) is 3.54. The van der Waals surface area contributed by atoms with E-state index in [0.717, 1.165) is 29.7 Å². The number of nitrogens with zero attached hydrogens (tertiary/aromatic N) is 3. The van der Waals surface area contributed by atoms with Crippen molar-refractivity contribution in [2.24, 2.45) is 13.0 Å². The Kier molecular flexibility index (Phi) is 6.32. The number of hydrogen-bond donors (Lipinski definition) is 0. The molecule has 0 N–H and O–H groups in total. The fourth-order valence-electron chi connectivity index (χ4n) is 3.54. The topological polar surface area (TPSA) is 56.6 Å². The molecule has 7 heteroatoms. The van der Waals surface area contributed by atoms with Crippen molar-refractivity contribution in [1.29, 1.82) is 0 Å². The van der Waals surface area contributed by atoms with Crippen LogP contribution in [0.5, 0.6) is 11.6 Å². The third kappa shape index (κ3) is 4.94. The first-order valence-corrected chi connectivity index (χ1v) is 10.4. The van der Waals surface area contributed by atoms with Gasteiger partial charge in [-0.25, -0.2) is 9.07 Å². The smallest absolute Gasteiger partial charge is 0.226 e. The predicted octanol–water partition coefficient (Wildman–Crippen LogP) is 4.40. The van der Waals surface area contributed by atoms with E-state index in [1.54, 1.807) is 31.0 Å². The summed E-state index contributed by atoms with van der Waals surface area (Å²) >= 11 is 0. The molecule has 1 aliphatic rings. The highest BCUT2D eigenvalue weighted by Crippen LogP contribution is 2.36. The number of hydrogen-bond acceptors (Lipinski definition) is 4. The van der Waals surface area contributed by atoms with Gasteiger partial charge < -0.3 is 14.4 Å². The van der Waals surface area contributed by atoms with E-state index in [9.17, 15) is 9.18 Å². The molecular weight excluding hydrogens is 397 g/mol. The molecular formula is C24H26FN3O3. The highest BCUT2D eigenvalue weighted by atomic mass is 19.1. The maximum Gasteiger partial charge on any atom is 0.226 e. The van der Waals surface area contributed by atoms with Crippen LogP contribution in [0.2, 0.25) is 0 Å². The SMILES string of the molecule is COCCN(Cc1c(-c2ccccc2)nn(C)c1Oc1cccc(F)c1)C(=O)C1CC1. The molecule has 0 spiro atoms. The molecule has 1 fully saturated rings. The molecule has 2 aromatic carbocycles. The zero-order valence-corrected chi connectivity index (χ0v) is 17.8. The molecule has 0 saturated heterocycles. The molecule has 1 heterocycles. The minimum absolute atomic E-state index is 0.0845. The third-order valence-corrected chi connectivity index (χ3v) is 5.30. The Morgan fingerprint density at radius 3 is 2.65 bits per heavy atom. The van der Waals surface area contributed by atoms with E-state index < -0.39 is 0 Å². The van der Waals surface area contributed by atoms with Gasteiger partial charge in [0.15, 0.2) is 0 Å². The van der Waals surface area contributed by atoms with Crippen LogP contribution < -0.4 is 4.74 Å². The van der Waals surface area contributed by atoms with E-state index in [1.807, 2.05) is 35.2 Å². The summed E-state index contributed by atoms with van der Waals surface area (Å²) in [4.78, 5) is 14.7. The van der Waals surface area contributed by atoms with E-state index in [0.29, 0.717) is 31.3 Å². The molecule has 6 nitrogen and oxygen atoms in total. The quantitative estimate of drug-likeness (QED) is 0.512. The Morgan fingerprint density at radius 1 is 1.19 bits per heavy atom. The van der Waals surface area contributed by atoms with Gasteiger partial charge >= 0.3 is 0 Å². The Labute approximate surface area is 181 Å². The summed E-state index contributed by atoms with van der Waals surface area (Å²) in [5, 5.41) is 4.68. The molecule has 0 atom stereocenters. The molecule has 0 bridgehead atoms. The van der Waals surface area contributed by atoms with E-state index in [-0.39, 0.29) is 17.6 Å². The van der Waals surface area contributed by atoms with Crippen LogP contribution in [-0.4, -0.2) is 40.8 Å². The molecule has 1 amide bonds. The van der Waals surface area contributed by atoms with Crippen LogP contribution >= 0.6 is 0 Å². The van der Waals surface area contributed by atoms with Gasteiger partial charge in [0, 0.05) is 38.2 Å². The number of amides is 1. The second-order valence-electron chi connectivity index (χ2n) is 7.71. The molecule has 0 unspecified atom stereocenters. The van der Waals surface area contributed by atoms with Crippen LogP contribution in [0, 0.1) is 11.7 Å². The zero-order valence-electron chi connectivity index (χ0n) is 17.8. The Bertz CT molecular complexity index is 1050. The van der Waals surface area contributed by atoms with Crippen LogP contribution in [0.25, 0.3) is 11.3 Å². The van der Waals surface area contributed by atoms with E-state index >= 15 is 0 Å². The first-order valence-electron chi connectivity index (χ1n) is 10.4. The number of ether oxygens (including phenoxy) is 2. The Hall–Kier alpha value is -3.19. The van der Waals surface area contributed by atoms with Gasteiger partial charge in [0.2, 0.25) is 11.8 Å². The van der Waals surface area contributed by atoms with Crippen LogP contribution in [-0.2, 0) is 23.1 Å². The lowest BCUT2D eigenvalue weighted by molar-refractivity contribution is -0.133. The van der Waals surface area contributed by atoms with Crippen molar-refractivity contribution in [3.05, 3.63) is 66.0 Å². The van der Waals surface area contributed by atoms with Gasteiger partial charge in [0.25, 0.3) is 0 Å². The largest absolute Gasteiger partial charge is 0.439 e. The van der Waals surface area contributed by atoms with Gasteiger partial charge in [0.1, 0.15) is 17.3 Å². The van der Waals surface area contributed by atoms with Gasteiger partial charge in [0.05, 0.1) is 18.7 Å². The van der Waals surface area contributed by atoms with Crippen molar-refractivity contribution in [3.8, 4) is 22.9 Å². The maximum absolute atomic E-state index is 13.7. The third-order valence-electron chi connectivity index (χ3n) is 5.30. The van der Waals surface area contributed by atoms with Gasteiger partial charge in [-0.2, -0.15) is 5.10 Å². The average molecular weight is 423 g/mol. The molecule has 0 radical (unpaired) electrons. The fraction of sp³-hybridized carbons (Fsp3) is 0.333. The Balaban J connectivity index is 1.74. The number of halogens is 1. The highest BCUT2D eigenvalue weighted by Gasteiger charge is 2.34. The van der Waals surface area contributed by atoms with Gasteiger partial charge in [-0.05, 0) is 25.0 Å². The van der Waals surface area contributed by atoms with Gasteiger partial charge in [-0.15, -0.1) is 0 Å². The minimum atomic E-state index is -0.380. The average Bonchev–Trinajstić information content (AvgIpc) is 3.58. The van der Waals surface area contributed by atoms with Crippen LogP contribution in [0.1, 0.15) is 18.4 Å². The summed E-state index contributed by atoms with van der Waals surface area (Å²) in [7, 11) is 3.41. The molecule has 0 aliphatic heterocycles. The maximum atomic E-state index is 13.7. The minimum Gasteiger partial charge on any atom is -0.439 e. The number of aromatic nitrogens is 2. The predicted molar refractivity (Wildman–Crippen MR) is 115 cm³/mol. The standard InChI is InChI=1S/C24H26FN3O3/c1-27-24(31-20-10-6-9-19(25)15-20)21(22(26-27)17-7-4-3-5-8-17)16-28(13-14-30-2)23(29)18-11-12-18/h3-10,15,18H,11-14,16H2,1-2H3. The summed E-state index contributed by atoms with van der Waals surface area (Å²) in [5.41, 5.74) is 2.44. The monoisotopic (exact) mass is 423 g/mol. The lowest BCUT2D eigenvalue weighted by Gasteiger charge is -2.23. The zero-order chi connectivity index (χ0) is 21.8. The molecule has 3 aromatic rings. The molecule has 162 valence electrons. The molecule has 1 aromatic heterocycles. The summed E-state index contributed by atoms with van der Waals surface area (Å²) in [6.07, 6.45) is 1.85. The molecule has 4 rings (SSSR count). The first-order chi connectivity index (χ1) is 15.1. The number of methoxy groups -OCH3 is 1. The van der Waals surface area contributed by atoms with E-state index in [1.165, 1.54) is 12.1 Å². The van der Waals surface area contributed by atoms with Crippen molar-refractivity contribution in [2.45, 2.75) is 19.4 Å². The molecule has 1 aliphatic carbocycles. The molecule has 1 saturated carbocycles. The number of rotatable bonds is 9. The van der Waals surface area contributed by atoms with E-state index in [4.69, 9.17) is 9.47 Å². The van der Waals surface area contributed by atoms with Crippen LogP contribution in [0.4, 0.5) is 4.39 Å². The first kappa shape index (κ1) is 21.1. The summed E-state index contributed by atoms with van der Waals surface area (Å²) in [6, 6.07) is 15.8. The van der Waals surface area contributed by atoms with E-state index in [2.05, 4.69) is 5.10 Å². The summed E-state index contributed by atoms with van der Waals surface area (Å²) in [6.45, 7) is 1.26. The number of benzene rings is 2. The number of carbonyl (C=O) groups excluding carboxylic acids is 1. The second-order valence-corrected chi connectivity index (χ2v) is 7.71. The highest BCUT2D eigenvalue weighted by molar-refractivity contribution is 5.81. The van der Waals surface area contributed by atoms with Crippen molar-refractivity contribution >= 4 is 5.91 Å². The normalized spacial score (nSPS) is 13.3. The second kappa shape index (κ2) is 9.31. The Morgan fingerprint density at radius 2 is 1.97 bits per heavy atom. The van der Waals surface area contributed by atoms with Crippen molar-refractivity contribution in [3.63, 3.8) is 0 Å². The number of carbonyl (C=O) groups is 1. The van der Waals surface area contributed by atoms with Crippen molar-refractivity contribution in [2.75, 3.05) is 20.3 Å². The number of aryl methyl sites for hydroxylation is 1. The van der Waals surface area contributed by atoms with Gasteiger partial charge in [-0.3, -0.25) is 4.79 Å². The summed E-state index contributed by atoms with van der Waals surface area (Å²) in [5.74, 6) is 0.685. The molecule has 31 heavy (non-hydrogen) atoms. The summed E-state index contributed by atoms with van der Waals surface area (Å²) < 4.78 is 26.7. The lowest BCUT2D eigenvalue weighted by Crippen LogP contribution is -2.34. The van der Waals surface area contributed by atoms with Crippen LogP contribution in [0.3, 0.4) is 0 Å². The van der Waals surface area contributed by atoms with Crippen molar-refractivity contribution in [1.82, 2.24) is 14.7 Å². The van der Waals surface area contributed by atoms with Crippen molar-refractivity contribution < 1.29 is 18.7 Å². The van der Waals surface area contributed by atoms with Gasteiger partial charge in [-0.1, -0.05) is 36.4 Å². The lowest BCUT2D eigenvalue weighted by atomic mass is 10.1.